The van der Waals surface area contributed by atoms with Crippen LogP contribution in [-0.4, -0.2) is 55.5 Å². The van der Waals surface area contributed by atoms with Crippen LogP contribution < -0.4 is 4.74 Å². The van der Waals surface area contributed by atoms with Crippen LogP contribution in [0.1, 0.15) is 69.1 Å². The number of esters is 2. The Balaban J connectivity index is 1.55. The summed E-state index contributed by atoms with van der Waals surface area (Å²) < 4.78 is 34.9. The van der Waals surface area contributed by atoms with Gasteiger partial charge in [0.15, 0.2) is 12.6 Å². The third-order valence-electron chi connectivity index (χ3n) is 7.86. The number of carbonyl (C=O) groups excluding carboxylic acids is 2. The maximum absolute atomic E-state index is 13.7. The van der Waals surface area contributed by atoms with Crippen molar-refractivity contribution >= 4 is 17.5 Å². The molecule has 0 radical (unpaired) electrons. The largest absolute Gasteiger partial charge is 0.508 e. The lowest BCUT2D eigenvalue weighted by Gasteiger charge is -2.29. The number of allylic oxidation sites excluding steroid dienone is 2. The molecule has 1 N–H and O–H groups in total. The molecule has 3 aliphatic rings. The third-order valence-corrected chi connectivity index (χ3v) is 7.86. The normalized spacial score (nSPS) is 23.8. The van der Waals surface area contributed by atoms with Gasteiger partial charge in [0.25, 0.3) is 0 Å². The van der Waals surface area contributed by atoms with Crippen LogP contribution in [0.15, 0.2) is 59.9 Å². The molecule has 9 heteroatoms. The zero-order valence-corrected chi connectivity index (χ0v) is 25.1. The number of cyclic esters (lactones) is 1. The minimum Gasteiger partial charge on any atom is -0.508 e. The Hall–Kier alpha value is -3.82. The third kappa shape index (κ3) is 7.05. The molecule has 43 heavy (non-hydrogen) atoms. The summed E-state index contributed by atoms with van der Waals surface area (Å²) in [5, 5.41) is 10.5. The summed E-state index contributed by atoms with van der Waals surface area (Å²) in [6.07, 6.45) is 6.79. The second kappa shape index (κ2) is 13.7. The first-order chi connectivity index (χ1) is 20.8. The summed E-state index contributed by atoms with van der Waals surface area (Å²) in [4.78, 5) is 27.2. The molecule has 9 nitrogen and oxygen atoms in total. The van der Waals surface area contributed by atoms with Gasteiger partial charge in [0.05, 0.1) is 25.9 Å². The SMILES string of the molecule is COC(=O)C1(Cc2ccc(O)c(CC=C(C)C)c2)OC(=O)C(OC2CCCCO2)=C1c1ccc(OC2CCCCO2)cc1. The highest BCUT2D eigenvalue weighted by Crippen LogP contribution is 2.45. The Morgan fingerprint density at radius 2 is 1.65 bits per heavy atom. The molecule has 230 valence electrons. The molecular weight excluding hydrogens is 552 g/mol. The van der Waals surface area contributed by atoms with Gasteiger partial charge >= 0.3 is 11.9 Å². The van der Waals surface area contributed by atoms with Gasteiger partial charge in [-0.05, 0) is 80.8 Å². The number of phenolic OH excluding ortho intramolecular Hbond substituents is 1. The lowest BCUT2D eigenvalue weighted by atomic mass is 9.82. The topological polar surface area (TPSA) is 110 Å². The average molecular weight is 593 g/mol. The van der Waals surface area contributed by atoms with Crippen molar-refractivity contribution in [2.45, 2.75) is 83.4 Å². The molecule has 2 fully saturated rings. The first kappa shape index (κ1) is 30.6. The molecule has 3 aliphatic heterocycles. The van der Waals surface area contributed by atoms with Gasteiger partial charge in [0.2, 0.25) is 11.4 Å². The Bertz CT molecular complexity index is 1360. The number of carbonyl (C=O) groups is 2. The van der Waals surface area contributed by atoms with Crippen molar-refractivity contribution in [3.63, 3.8) is 0 Å². The van der Waals surface area contributed by atoms with E-state index in [2.05, 4.69) is 0 Å². The van der Waals surface area contributed by atoms with Gasteiger partial charge in [-0.2, -0.15) is 0 Å². The average Bonchev–Trinajstić information content (AvgIpc) is 3.29. The number of rotatable bonds is 10. The van der Waals surface area contributed by atoms with Gasteiger partial charge in [-0.1, -0.05) is 35.9 Å². The molecule has 0 amide bonds. The highest BCUT2D eigenvalue weighted by atomic mass is 16.7. The van der Waals surface area contributed by atoms with Gasteiger partial charge in [-0.25, -0.2) is 9.59 Å². The Labute approximate surface area is 252 Å². The lowest BCUT2D eigenvalue weighted by molar-refractivity contribution is -0.174. The summed E-state index contributed by atoms with van der Waals surface area (Å²) in [6.45, 7) is 5.15. The molecule has 0 spiro atoms. The highest BCUT2D eigenvalue weighted by molar-refractivity contribution is 6.11. The van der Waals surface area contributed by atoms with Crippen molar-refractivity contribution in [2.24, 2.45) is 0 Å². The van der Waals surface area contributed by atoms with Gasteiger partial charge < -0.3 is 33.5 Å². The molecule has 3 atom stereocenters. The Kier molecular flexibility index (Phi) is 9.72. The van der Waals surface area contributed by atoms with Crippen molar-refractivity contribution in [1.29, 1.82) is 0 Å². The number of aromatic hydroxyl groups is 1. The Morgan fingerprint density at radius 3 is 2.26 bits per heavy atom. The van der Waals surface area contributed by atoms with Crippen molar-refractivity contribution in [3.8, 4) is 11.5 Å². The van der Waals surface area contributed by atoms with Crippen LogP contribution in [0, 0.1) is 0 Å². The predicted octanol–water partition coefficient (Wildman–Crippen LogP) is 5.77. The quantitative estimate of drug-likeness (QED) is 0.272. The number of methoxy groups -OCH3 is 1. The van der Waals surface area contributed by atoms with E-state index in [0.717, 1.165) is 37.7 Å². The standard InChI is InChI=1S/C34H40O9/c1-22(2)10-12-25-20-23(11-17-27(25)35)21-34(33(37)38-3)30(31(32(36)43-34)42-29-9-5-7-19-40-29)24-13-15-26(16-14-24)41-28-8-4-6-18-39-28/h10-11,13-17,20,28-29,35H,4-9,12,18-19,21H2,1-3H3. The molecule has 2 saturated heterocycles. The number of ether oxygens (including phenoxy) is 6. The minimum absolute atomic E-state index is 0.0323. The Morgan fingerprint density at radius 1 is 0.977 bits per heavy atom. The van der Waals surface area contributed by atoms with E-state index < -0.39 is 23.8 Å². The minimum atomic E-state index is -1.84. The van der Waals surface area contributed by atoms with E-state index in [1.807, 2.05) is 26.0 Å². The zero-order valence-electron chi connectivity index (χ0n) is 25.1. The zero-order chi connectivity index (χ0) is 30.4. The smallest absolute Gasteiger partial charge is 0.375 e. The maximum Gasteiger partial charge on any atom is 0.375 e. The summed E-state index contributed by atoms with van der Waals surface area (Å²) in [5.41, 5.74) is 1.44. The molecule has 3 unspecified atom stereocenters. The molecule has 2 aromatic carbocycles. The monoisotopic (exact) mass is 592 g/mol. The van der Waals surface area contributed by atoms with Crippen molar-refractivity contribution in [2.75, 3.05) is 20.3 Å². The van der Waals surface area contributed by atoms with E-state index >= 15 is 0 Å². The second-order valence-corrected chi connectivity index (χ2v) is 11.4. The van der Waals surface area contributed by atoms with Crippen molar-refractivity contribution in [1.82, 2.24) is 0 Å². The van der Waals surface area contributed by atoms with E-state index in [0.29, 0.717) is 48.5 Å². The first-order valence-electron chi connectivity index (χ1n) is 15.0. The van der Waals surface area contributed by atoms with Gasteiger partial charge in [0.1, 0.15) is 11.5 Å². The first-order valence-corrected chi connectivity index (χ1v) is 15.0. The second-order valence-electron chi connectivity index (χ2n) is 11.4. The van der Waals surface area contributed by atoms with Crippen LogP contribution in [-0.2, 0) is 46.1 Å². The predicted molar refractivity (Wildman–Crippen MR) is 158 cm³/mol. The van der Waals surface area contributed by atoms with E-state index in [9.17, 15) is 14.7 Å². The van der Waals surface area contributed by atoms with Crippen LogP contribution in [0.2, 0.25) is 0 Å². The molecule has 0 aliphatic carbocycles. The fourth-order valence-corrected chi connectivity index (χ4v) is 5.62. The molecule has 3 heterocycles. The van der Waals surface area contributed by atoms with Gasteiger partial charge in [-0.15, -0.1) is 0 Å². The van der Waals surface area contributed by atoms with Crippen LogP contribution >= 0.6 is 0 Å². The van der Waals surface area contributed by atoms with E-state index in [4.69, 9.17) is 28.4 Å². The molecular formula is C34H40O9. The van der Waals surface area contributed by atoms with Gasteiger partial charge in [-0.3, -0.25) is 0 Å². The van der Waals surface area contributed by atoms with Crippen LogP contribution in [0.3, 0.4) is 0 Å². The highest BCUT2D eigenvalue weighted by Gasteiger charge is 2.56. The van der Waals surface area contributed by atoms with E-state index in [1.165, 1.54) is 7.11 Å². The number of hydrogen-bond donors (Lipinski definition) is 1. The van der Waals surface area contributed by atoms with Crippen molar-refractivity contribution < 1.29 is 43.1 Å². The summed E-state index contributed by atoms with van der Waals surface area (Å²) >= 11 is 0. The molecule has 5 rings (SSSR count). The van der Waals surface area contributed by atoms with E-state index in [-0.39, 0.29) is 29.8 Å². The van der Waals surface area contributed by atoms with E-state index in [1.54, 1.807) is 36.4 Å². The lowest BCUT2D eigenvalue weighted by Crippen LogP contribution is -2.44. The summed E-state index contributed by atoms with van der Waals surface area (Å²) in [5.74, 6) is -0.845. The van der Waals surface area contributed by atoms with Gasteiger partial charge in [0, 0.05) is 19.3 Å². The number of benzene rings is 2. The summed E-state index contributed by atoms with van der Waals surface area (Å²) in [6, 6.07) is 12.2. The number of phenols is 1. The van der Waals surface area contributed by atoms with Crippen LogP contribution in [0.5, 0.6) is 11.5 Å². The molecule has 0 bridgehead atoms. The number of hydrogen-bond acceptors (Lipinski definition) is 9. The molecule has 0 aromatic heterocycles. The van der Waals surface area contributed by atoms with Crippen molar-refractivity contribution in [3.05, 3.63) is 76.6 Å². The molecule has 0 saturated carbocycles. The fourth-order valence-electron chi connectivity index (χ4n) is 5.62. The fraction of sp³-hybridized carbons (Fsp3) is 0.471. The maximum atomic E-state index is 13.7. The molecule has 2 aromatic rings. The van der Waals surface area contributed by atoms with Crippen LogP contribution in [0.25, 0.3) is 5.57 Å². The van der Waals surface area contributed by atoms with Crippen LogP contribution in [0.4, 0.5) is 0 Å². The summed E-state index contributed by atoms with van der Waals surface area (Å²) in [7, 11) is 1.26.